The summed E-state index contributed by atoms with van der Waals surface area (Å²) in [5, 5.41) is 11.7. The van der Waals surface area contributed by atoms with E-state index in [4.69, 9.17) is 15.7 Å². The van der Waals surface area contributed by atoms with Crippen molar-refractivity contribution in [3.63, 3.8) is 0 Å². The van der Waals surface area contributed by atoms with Gasteiger partial charge in [0.1, 0.15) is 18.2 Å². The number of aryl methyl sites for hydroxylation is 1. The van der Waals surface area contributed by atoms with Gasteiger partial charge >= 0.3 is 0 Å². The zero-order valence-corrected chi connectivity index (χ0v) is 11.7. The molecule has 0 spiro atoms. The molecule has 4 nitrogen and oxygen atoms in total. The van der Waals surface area contributed by atoms with Gasteiger partial charge in [-0.1, -0.05) is 30.3 Å². The quantitative estimate of drug-likeness (QED) is 0.384. The third-order valence-corrected chi connectivity index (χ3v) is 3.16. The molecule has 0 unspecified atom stereocenters. The highest BCUT2D eigenvalue weighted by molar-refractivity contribution is 5.98. The van der Waals surface area contributed by atoms with Gasteiger partial charge < -0.3 is 15.7 Å². The Balaban J connectivity index is 2.19. The van der Waals surface area contributed by atoms with Crippen LogP contribution in [0, 0.1) is 5.82 Å². The maximum atomic E-state index is 13.3. The monoisotopic (exact) mass is 288 g/mol. The minimum atomic E-state index is -0.451. The lowest BCUT2D eigenvalue weighted by Gasteiger charge is -2.11. The summed E-state index contributed by atoms with van der Waals surface area (Å²) < 4.78 is 19.0. The largest absolute Gasteiger partial charge is 0.489 e. The molecule has 0 atom stereocenters. The molecule has 0 amide bonds. The lowest BCUT2D eigenvalue weighted by Crippen LogP contribution is -2.16. The number of hydrogen-bond donors (Lipinski definition) is 2. The standard InChI is InChI=1S/C16H17FN2O2/c1-2-11-4-3-5-14(8-11)21-10-12-6-7-13(17)9-15(12)16(18)19-20/h3-9,20H,2,10H2,1H3,(H2,18,19). The molecule has 0 aliphatic carbocycles. The van der Waals surface area contributed by atoms with E-state index in [0.717, 1.165) is 12.2 Å². The van der Waals surface area contributed by atoms with Gasteiger partial charge in [0.25, 0.3) is 0 Å². The van der Waals surface area contributed by atoms with E-state index in [-0.39, 0.29) is 12.4 Å². The van der Waals surface area contributed by atoms with Crippen molar-refractivity contribution in [3.8, 4) is 5.75 Å². The summed E-state index contributed by atoms with van der Waals surface area (Å²) in [7, 11) is 0. The maximum absolute atomic E-state index is 13.3. The number of benzene rings is 2. The highest BCUT2D eigenvalue weighted by atomic mass is 19.1. The molecule has 0 aliphatic rings. The summed E-state index contributed by atoms with van der Waals surface area (Å²) in [5.41, 5.74) is 7.70. The van der Waals surface area contributed by atoms with E-state index in [0.29, 0.717) is 11.1 Å². The van der Waals surface area contributed by atoms with Gasteiger partial charge in [-0.25, -0.2) is 4.39 Å². The number of halogens is 1. The van der Waals surface area contributed by atoms with Crippen LogP contribution in [0.15, 0.2) is 47.6 Å². The fourth-order valence-corrected chi connectivity index (χ4v) is 1.98. The van der Waals surface area contributed by atoms with Crippen LogP contribution in [-0.2, 0) is 13.0 Å². The Hall–Kier alpha value is -2.56. The number of amidine groups is 1. The Labute approximate surface area is 122 Å². The third kappa shape index (κ3) is 3.72. The van der Waals surface area contributed by atoms with Crippen molar-refractivity contribution in [1.29, 1.82) is 0 Å². The van der Waals surface area contributed by atoms with Gasteiger partial charge in [-0.3, -0.25) is 0 Å². The van der Waals surface area contributed by atoms with Crippen molar-refractivity contribution in [2.24, 2.45) is 10.9 Å². The summed E-state index contributed by atoms with van der Waals surface area (Å²) in [6, 6.07) is 11.8. The molecule has 0 fully saturated rings. The van der Waals surface area contributed by atoms with Crippen molar-refractivity contribution in [3.05, 3.63) is 65.0 Å². The normalized spacial score (nSPS) is 11.4. The first kappa shape index (κ1) is 14.8. The van der Waals surface area contributed by atoms with E-state index < -0.39 is 5.82 Å². The summed E-state index contributed by atoms with van der Waals surface area (Å²) in [6.45, 7) is 2.27. The Kier molecular flexibility index (Phi) is 4.77. The Morgan fingerprint density at radius 1 is 1.29 bits per heavy atom. The van der Waals surface area contributed by atoms with Crippen molar-refractivity contribution in [1.82, 2.24) is 0 Å². The van der Waals surface area contributed by atoms with Crippen LogP contribution >= 0.6 is 0 Å². The van der Waals surface area contributed by atoms with E-state index in [9.17, 15) is 4.39 Å². The second kappa shape index (κ2) is 6.74. The molecular formula is C16H17FN2O2. The SMILES string of the molecule is CCc1cccc(OCc2ccc(F)cc2C(N)=NO)c1. The lowest BCUT2D eigenvalue weighted by molar-refractivity contribution is 0.304. The van der Waals surface area contributed by atoms with E-state index in [1.807, 2.05) is 24.3 Å². The van der Waals surface area contributed by atoms with Gasteiger partial charge in [0.15, 0.2) is 5.84 Å². The van der Waals surface area contributed by atoms with Crippen molar-refractivity contribution in [2.75, 3.05) is 0 Å². The van der Waals surface area contributed by atoms with Gasteiger partial charge in [0, 0.05) is 11.1 Å². The fourth-order valence-electron chi connectivity index (χ4n) is 1.98. The van der Waals surface area contributed by atoms with Crippen LogP contribution in [0.25, 0.3) is 0 Å². The Morgan fingerprint density at radius 3 is 2.81 bits per heavy atom. The van der Waals surface area contributed by atoms with Gasteiger partial charge in [0.05, 0.1) is 0 Å². The molecule has 2 aromatic carbocycles. The van der Waals surface area contributed by atoms with Crippen LogP contribution in [0.5, 0.6) is 5.75 Å². The summed E-state index contributed by atoms with van der Waals surface area (Å²) >= 11 is 0. The Bertz CT molecular complexity index is 656. The first-order valence-corrected chi connectivity index (χ1v) is 6.62. The average Bonchev–Trinajstić information content (AvgIpc) is 2.53. The molecule has 0 heterocycles. The zero-order valence-electron chi connectivity index (χ0n) is 11.7. The van der Waals surface area contributed by atoms with Crippen molar-refractivity contribution < 1.29 is 14.3 Å². The summed E-state index contributed by atoms with van der Waals surface area (Å²) in [4.78, 5) is 0. The van der Waals surface area contributed by atoms with Crippen LogP contribution in [0.4, 0.5) is 4.39 Å². The molecule has 0 aliphatic heterocycles. The topological polar surface area (TPSA) is 67.8 Å². The molecule has 0 aromatic heterocycles. The summed E-state index contributed by atoms with van der Waals surface area (Å²) in [6.07, 6.45) is 0.920. The van der Waals surface area contributed by atoms with Crippen LogP contribution in [0.2, 0.25) is 0 Å². The second-order valence-electron chi connectivity index (χ2n) is 4.58. The number of oxime groups is 1. The highest BCUT2D eigenvalue weighted by Gasteiger charge is 2.09. The predicted octanol–water partition coefficient (Wildman–Crippen LogP) is 3.06. The molecule has 110 valence electrons. The minimum Gasteiger partial charge on any atom is -0.489 e. The number of rotatable bonds is 5. The van der Waals surface area contributed by atoms with Crippen LogP contribution < -0.4 is 10.5 Å². The van der Waals surface area contributed by atoms with E-state index >= 15 is 0 Å². The summed E-state index contributed by atoms with van der Waals surface area (Å²) in [5.74, 6) is 0.132. The molecule has 0 bridgehead atoms. The Morgan fingerprint density at radius 2 is 2.10 bits per heavy atom. The second-order valence-corrected chi connectivity index (χ2v) is 4.58. The molecule has 2 rings (SSSR count). The number of hydrogen-bond acceptors (Lipinski definition) is 3. The van der Waals surface area contributed by atoms with Gasteiger partial charge in [-0.15, -0.1) is 0 Å². The number of nitrogens with two attached hydrogens (primary N) is 1. The molecular weight excluding hydrogens is 271 g/mol. The number of nitrogens with zero attached hydrogens (tertiary/aromatic N) is 1. The van der Waals surface area contributed by atoms with E-state index in [1.54, 1.807) is 6.07 Å². The van der Waals surface area contributed by atoms with Crippen molar-refractivity contribution >= 4 is 5.84 Å². The molecule has 0 radical (unpaired) electrons. The highest BCUT2D eigenvalue weighted by Crippen LogP contribution is 2.18. The molecule has 0 saturated carbocycles. The lowest BCUT2D eigenvalue weighted by atomic mass is 10.1. The molecule has 0 saturated heterocycles. The molecule has 5 heteroatoms. The van der Waals surface area contributed by atoms with Gasteiger partial charge in [0.2, 0.25) is 0 Å². The van der Waals surface area contributed by atoms with Crippen LogP contribution in [0.1, 0.15) is 23.6 Å². The maximum Gasteiger partial charge on any atom is 0.170 e. The van der Waals surface area contributed by atoms with Crippen LogP contribution in [-0.4, -0.2) is 11.0 Å². The average molecular weight is 288 g/mol. The van der Waals surface area contributed by atoms with E-state index in [2.05, 4.69) is 12.1 Å². The fraction of sp³-hybridized carbons (Fsp3) is 0.188. The third-order valence-electron chi connectivity index (χ3n) is 3.16. The van der Waals surface area contributed by atoms with Crippen LogP contribution in [0.3, 0.4) is 0 Å². The van der Waals surface area contributed by atoms with Crippen molar-refractivity contribution in [2.45, 2.75) is 20.0 Å². The molecule has 21 heavy (non-hydrogen) atoms. The predicted molar refractivity (Wildman–Crippen MR) is 79.1 cm³/mol. The first-order valence-electron chi connectivity index (χ1n) is 6.62. The zero-order chi connectivity index (χ0) is 15.2. The van der Waals surface area contributed by atoms with E-state index in [1.165, 1.54) is 17.7 Å². The van der Waals surface area contributed by atoms with Gasteiger partial charge in [-0.2, -0.15) is 0 Å². The number of ether oxygens (including phenoxy) is 1. The molecule has 3 N–H and O–H groups in total. The first-order chi connectivity index (χ1) is 10.1. The minimum absolute atomic E-state index is 0.143. The molecule has 2 aromatic rings. The smallest absolute Gasteiger partial charge is 0.170 e. The van der Waals surface area contributed by atoms with Gasteiger partial charge in [-0.05, 0) is 36.2 Å².